The van der Waals surface area contributed by atoms with Crippen LogP contribution in [0.5, 0.6) is 0 Å². The van der Waals surface area contributed by atoms with Crippen molar-refractivity contribution >= 4 is 23.4 Å². The fraction of sp³-hybridized carbons (Fsp3) is 0.538. The van der Waals surface area contributed by atoms with Crippen molar-refractivity contribution in [2.75, 3.05) is 13.7 Å². The van der Waals surface area contributed by atoms with Gasteiger partial charge in [0.15, 0.2) is 0 Å². The molecule has 0 fully saturated rings. The van der Waals surface area contributed by atoms with Gasteiger partial charge in [0.05, 0.1) is 18.7 Å². The van der Waals surface area contributed by atoms with E-state index in [-0.39, 0.29) is 6.54 Å². The van der Waals surface area contributed by atoms with Gasteiger partial charge in [0, 0.05) is 16.8 Å². The molecule has 1 aromatic heterocycles. The maximum absolute atomic E-state index is 11.7. The molecule has 0 bridgehead atoms. The number of alkyl carbamates (subject to hydrolysis) is 1. The predicted octanol–water partition coefficient (Wildman–Crippen LogP) is 2.06. The summed E-state index contributed by atoms with van der Waals surface area (Å²) in [6.07, 6.45) is -0.541. The number of hydrogen-bond acceptors (Lipinski definition) is 6. The molecular weight excluding hydrogens is 280 g/mol. The van der Waals surface area contributed by atoms with Crippen LogP contribution in [0.25, 0.3) is 0 Å². The molecule has 3 N–H and O–H groups in total. The van der Waals surface area contributed by atoms with Gasteiger partial charge >= 0.3 is 12.1 Å². The molecule has 1 aromatic rings. The average molecular weight is 300 g/mol. The number of nitrogens with two attached hydrogens (primary N) is 1. The smallest absolute Gasteiger partial charge is 0.408 e. The lowest BCUT2D eigenvalue weighted by Crippen LogP contribution is -2.37. The van der Waals surface area contributed by atoms with Crippen molar-refractivity contribution in [3.8, 4) is 0 Å². The maximum Gasteiger partial charge on any atom is 0.408 e. The maximum atomic E-state index is 11.7. The standard InChI is InChI=1S/C13H20N2O4S/c1-13(2,3)19-12(17)15-9(6-14)10-5-8(7-20-10)11(16)18-4/h5,7,9H,6,14H2,1-4H3,(H,15,17). The lowest BCUT2D eigenvalue weighted by molar-refractivity contribution is 0.0505. The third-order valence-corrected chi connectivity index (χ3v) is 3.36. The highest BCUT2D eigenvalue weighted by molar-refractivity contribution is 7.10. The fourth-order valence-corrected chi connectivity index (χ4v) is 2.40. The van der Waals surface area contributed by atoms with Gasteiger partial charge in [-0.1, -0.05) is 0 Å². The second kappa shape index (κ2) is 6.71. The van der Waals surface area contributed by atoms with E-state index < -0.39 is 23.7 Å². The topological polar surface area (TPSA) is 90.6 Å². The second-order valence-corrected chi connectivity index (χ2v) is 6.11. The first-order valence-corrected chi connectivity index (χ1v) is 7.01. The Morgan fingerprint density at radius 3 is 2.60 bits per heavy atom. The van der Waals surface area contributed by atoms with Gasteiger partial charge in [0.25, 0.3) is 0 Å². The van der Waals surface area contributed by atoms with Crippen LogP contribution in [0.2, 0.25) is 0 Å². The van der Waals surface area contributed by atoms with Crippen LogP contribution in [-0.4, -0.2) is 31.3 Å². The van der Waals surface area contributed by atoms with Crippen molar-refractivity contribution in [3.63, 3.8) is 0 Å². The van der Waals surface area contributed by atoms with Crippen LogP contribution >= 0.6 is 11.3 Å². The van der Waals surface area contributed by atoms with Crippen LogP contribution in [0.1, 0.15) is 42.0 Å². The largest absolute Gasteiger partial charge is 0.465 e. The van der Waals surface area contributed by atoms with Gasteiger partial charge < -0.3 is 20.5 Å². The summed E-state index contributed by atoms with van der Waals surface area (Å²) in [4.78, 5) is 23.9. The Hall–Kier alpha value is -1.60. The number of nitrogens with one attached hydrogen (secondary N) is 1. The van der Waals surface area contributed by atoms with Crippen molar-refractivity contribution in [2.24, 2.45) is 5.73 Å². The fourth-order valence-electron chi connectivity index (χ4n) is 1.46. The van der Waals surface area contributed by atoms with E-state index >= 15 is 0 Å². The minimum atomic E-state index is -0.574. The van der Waals surface area contributed by atoms with E-state index in [0.717, 1.165) is 4.88 Å². The van der Waals surface area contributed by atoms with Crippen molar-refractivity contribution in [2.45, 2.75) is 32.4 Å². The molecule has 0 aliphatic heterocycles. The molecule has 0 aromatic carbocycles. The first kappa shape index (κ1) is 16.5. The third-order valence-electron chi connectivity index (χ3n) is 2.31. The molecule has 0 aliphatic carbocycles. The number of rotatable bonds is 4. The van der Waals surface area contributed by atoms with Crippen LogP contribution in [0.15, 0.2) is 11.4 Å². The number of hydrogen-bond donors (Lipinski definition) is 2. The van der Waals surface area contributed by atoms with Gasteiger partial charge in [-0.15, -0.1) is 11.3 Å². The van der Waals surface area contributed by atoms with E-state index in [0.29, 0.717) is 5.56 Å². The molecule has 0 spiro atoms. The normalized spacial score (nSPS) is 12.7. The minimum absolute atomic E-state index is 0.209. The van der Waals surface area contributed by atoms with Crippen LogP contribution in [0.3, 0.4) is 0 Å². The predicted molar refractivity (Wildman–Crippen MR) is 76.8 cm³/mol. The van der Waals surface area contributed by atoms with E-state index in [1.165, 1.54) is 18.4 Å². The van der Waals surface area contributed by atoms with Crippen LogP contribution in [0, 0.1) is 0 Å². The Morgan fingerprint density at radius 2 is 2.10 bits per heavy atom. The van der Waals surface area contributed by atoms with E-state index in [1.54, 1.807) is 32.2 Å². The van der Waals surface area contributed by atoms with Gasteiger partial charge in [0.1, 0.15) is 5.60 Å². The van der Waals surface area contributed by atoms with E-state index in [1.807, 2.05) is 0 Å². The minimum Gasteiger partial charge on any atom is -0.465 e. The molecule has 0 radical (unpaired) electrons. The lowest BCUT2D eigenvalue weighted by Gasteiger charge is -2.22. The Bertz CT molecular complexity index is 479. The Labute approximate surface area is 122 Å². The van der Waals surface area contributed by atoms with E-state index in [2.05, 4.69) is 10.1 Å². The van der Waals surface area contributed by atoms with Gasteiger partial charge in [0.2, 0.25) is 0 Å². The highest BCUT2D eigenvalue weighted by atomic mass is 32.1. The van der Waals surface area contributed by atoms with E-state index in [4.69, 9.17) is 10.5 Å². The van der Waals surface area contributed by atoms with Crippen molar-refractivity contribution < 1.29 is 19.1 Å². The molecule has 1 atom stereocenters. The molecule has 1 unspecified atom stereocenters. The summed E-state index contributed by atoms with van der Waals surface area (Å²) in [6.45, 7) is 5.56. The molecule has 1 rings (SSSR count). The van der Waals surface area contributed by atoms with Crippen LogP contribution < -0.4 is 11.1 Å². The van der Waals surface area contributed by atoms with Gasteiger partial charge in [-0.25, -0.2) is 9.59 Å². The summed E-state index contributed by atoms with van der Waals surface area (Å²) in [6, 6.07) is 1.26. The molecule has 1 heterocycles. The molecule has 0 aliphatic rings. The quantitative estimate of drug-likeness (QED) is 0.831. The number of ether oxygens (including phenoxy) is 2. The van der Waals surface area contributed by atoms with E-state index in [9.17, 15) is 9.59 Å². The summed E-state index contributed by atoms with van der Waals surface area (Å²) < 4.78 is 9.81. The molecule has 1 amide bonds. The average Bonchev–Trinajstić information content (AvgIpc) is 2.82. The Morgan fingerprint density at radius 1 is 1.45 bits per heavy atom. The lowest BCUT2D eigenvalue weighted by atomic mass is 10.2. The number of carbonyl (C=O) groups excluding carboxylic acids is 2. The zero-order chi connectivity index (χ0) is 15.3. The van der Waals surface area contributed by atoms with Crippen molar-refractivity contribution in [3.05, 3.63) is 21.9 Å². The van der Waals surface area contributed by atoms with Gasteiger partial charge in [-0.2, -0.15) is 0 Å². The SMILES string of the molecule is COC(=O)c1csc(C(CN)NC(=O)OC(C)(C)C)c1. The molecule has 0 saturated heterocycles. The summed E-state index contributed by atoms with van der Waals surface area (Å²) in [5.74, 6) is -0.416. The zero-order valence-corrected chi connectivity index (χ0v) is 12.9. The third kappa shape index (κ3) is 4.82. The Kier molecular flexibility index (Phi) is 5.52. The first-order chi connectivity index (χ1) is 9.26. The van der Waals surface area contributed by atoms with Crippen LogP contribution in [-0.2, 0) is 9.47 Å². The van der Waals surface area contributed by atoms with Crippen molar-refractivity contribution in [1.29, 1.82) is 0 Å². The number of methoxy groups -OCH3 is 1. The first-order valence-electron chi connectivity index (χ1n) is 6.13. The second-order valence-electron chi connectivity index (χ2n) is 5.16. The zero-order valence-electron chi connectivity index (χ0n) is 12.1. The number of carbonyl (C=O) groups is 2. The molecule has 7 heteroatoms. The number of thiophene rings is 1. The highest BCUT2D eigenvalue weighted by Gasteiger charge is 2.21. The molecule has 6 nitrogen and oxygen atoms in total. The molecule has 0 saturated carbocycles. The summed E-state index contributed by atoms with van der Waals surface area (Å²) in [5, 5.41) is 4.35. The summed E-state index contributed by atoms with van der Waals surface area (Å²) in [7, 11) is 1.32. The molecular formula is C13H20N2O4S. The number of esters is 1. The van der Waals surface area contributed by atoms with Crippen molar-refractivity contribution in [1.82, 2.24) is 5.32 Å². The summed E-state index contributed by atoms with van der Waals surface area (Å²) >= 11 is 1.33. The number of amides is 1. The Balaban J connectivity index is 2.74. The van der Waals surface area contributed by atoms with Gasteiger partial charge in [-0.3, -0.25) is 0 Å². The molecule has 20 heavy (non-hydrogen) atoms. The molecule has 112 valence electrons. The van der Waals surface area contributed by atoms with Crippen LogP contribution in [0.4, 0.5) is 4.79 Å². The van der Waals surface area contributed by atoms with Gasteiger partial charge in [-0.05, 0) is 26.8 Å². The monoisotopic (exact) mass is 300 g/mol. The summed E-state index contributed by atoms with van der Waals surface area (Å²) in [5.41, 5.74) is 5.52. The highest BCUT2D eigenvalue weighted by Crippen LogP contribution is 2.22.